The first-order valence-electron chi connectivity index (χ1n) is 13.8. The van der Waals surface area contributed by atoms with Crippen LogP contribution in [-0.4, -0.2) is 47.2 Å². The van der Waals surface area contributed by atoms with Crippen LogP contribution in [0.2, 0.25) is 39.3 Å². The number of esters is 1. The summed E-state index contributed by atoms with van der Waals surface area (Å²) in [5.74, 6) is 0.390. The van der Waals surface area contributed by atoms with Crippen molar-refractivity contribution in [1.82, 2.24) is 0 Å². The van der Waals surface area contributed by atoms with Crippen molar-refractivity contribution in [2.24, 2.45) is 11.8 Å². The van der Waals surface area contributed by atoms with Gasteiger partial charge in [-0.2, -0.15) is 0 Å². The van der Waals surface area contributed by atoms with Crippen LogP contribution in [0.15, 0.2) is 12.2 Å². The molecule has 0 N–H and O–H groups in total. The lowest BCUT2D eigenvalue weighted by molar-refractivity contribution is -0.140. The zero-order valence-corrected chi connectivity index (χ0v) is 26.2. The number of hydrogen-bond acceptors (Lipinski definition) is 5. The maximum atomic E-state index is 13.0. The Labute approximate surface area is 218 Å². The van der Waals surface area contributed by atoms with Gasteiger partial charge in [0, 0.05) is 24.7 Å². The molecule has 1 fully saturated rings. The molecule has 1 saturated carbocycles. The summed E-state index contributed by atoms with van der Waals surface area (Å²) < 4.78 is 17.9. The molecule has 0 amide bonds. The SMILES string of the molecule is CCCCC(C)(C/C=C/[C@H]1[C@H](O[Si](C)(C)C)CC(=O)[C@@H]1CCCCCCC(=O)OC)O[Si](C)(C)C. The van der Waals surface area contributed by atoms with Gasteiger partial charge in [-0.1, -0.05) is 51.2 Å². The first-order chi connectivity index (χ1) is 16.2. The van der Waals surface area contributed by atoms with Crippen LogP contribution in [-0.2, 0) is 23.2 Å². The van der Waals surface area contributed by atoms with Crippen LogP contribution >= 0.6 is 0 Å². The molecular formula is C28H54O5Si2. The lowest BCUT2D eigenvalue weighted by Gasteiger charge is -2.36. The fourth-order valence-corrected chi connectivity index (χ4v) is 8.01. The van der Waals surface area contributed by atoms with Gasteiger partial charge in [0.25, 0.3) is 0 Å². The molecule has 0 spiro atoms. The Hall–Kier alpha value is -0.766. The predicted octanol–water partition coefficient (Wildman–Crippen LogP) is 7.67. The van der Waals surface area contributed by atoms with E-state index in [2.05, 4.69) is 65.3 Å². The lowest BCUT2D eigenvalue weighted by Crippen LogP contribution is -2.40. The summed E-state index contributed by atoms with van der Waals surface area (Å²) in [6.45, 7) is 17.9. The molecule has 4 atom stereocenters. The number of methoxy groups -OCH3 is 1. The van der Waals surface area contributed by atoms with E-state index < -0.39 is 16.6 Å². The van der Waals surface area contributed by atoms with E-state index in [-0.39, 0.29) is 29.5 Å². The highest BCUT2D eigenvalue weighted by Gasteiger charge is 2.43. The minimum atomic E-state index is -1.76. The topological polar surface area (TPSA) is 61.8 Å². The Bertz CT molecular complexity index is 680. The molecule has 0 aromatic heterocycles. The molecule has 0 aliphatic heterocycles. The third-order valence-corrected chi connectivity index (χ3v) is 8.72. The molecule has 7 heteroatoms. The van der Waals surface area contributed by atoms with Crippen molar-refractivity contribution in [3.05, 3.63) is 12.2 Å². The largest absolute Gasteiger partial charge is 0.469 e. The van der Waals surface area contributed by atoms with Crippen molar-refractivity contribution in [1.29, 1.82) is 0 Å². The van der Waals surface area contributed by atoms with Crippen molar-refractivity contribution < 1.29 is 23.2 Å². The first kappa shape index (κ1) is 32.3. The van der Waals surface area contributed by atoms with Crippen molar-refractivity contribution in [3.8, 4) is 0 Å². The smallest absolute Gasteiger partial charge is 0.305 e. The molecule has 0 bridgehead atoms. The Morgan fingerprint density at radius 2 is 1.69 bits per heavy atom. The normalized spacial score (nSPS) is 23.1. The average Bonchev–Trinajstić information content (AvgIpc) is 3.00. The molecule has 204 valence electrons. The van der Waals surface area contributed by atoms with E-state index in [1.54, 1.807) is 0 Å². The van der Waals surface area contributed by atoms with Crippen LogP contribution in [0.3, 0.4) is 0 Å². The van der Waals surface area contributed by atoms with Crippen LogP contribution in [0.4, 0.5) is 0 Å². The summed E-state index contributed by atoms with van der Waals surface area (Å²) in [7, 11) is -1.99. The average molecular weight is 527 g/mol. The van der Waals surface area contributed by atoms with Crippen molar-refractivity contribution in [2.75, 3.05) is 7.11 Å². The molecule has 1 rings (SSSR count). The van der Waals surface area contributed by atoms with E-state index in [4.69, 9.17) is 13.6 Å². The highest BCUT2D eigenvalue weighted by Crippen LogP contribution is 2.38. The van der Waals surface area contributed by atoms with Gasteiger partial charge in [-0.25, -0.2) is 0 Å². The molecule has 0 aromatic carbocycles. The van der Waals surface area contributed by atoms with E-state index in [1.807, 2.05) is 0 Å². The lowest BCUT2D eigenvalue weighted by atomic mass is 9.87. The number of rotatable bonds is 17. The molecule has 0 heterocycles. The number of carbonyl (C=O) groups is 2. The summed E-state index contributed by atoms with van der Waals surface area (Å²) in [6.07, 6.45) is 14.6. The molecule has 0 radical (unpaired) electrons. The van der Waals surface area contributed by atoms with E-state index in [9.17, 15) is 9.59 Å². The van der Waals surface area contributed by atoms with Gasteiger partial charge in [0.15, 0.2) is 16.6 Å². The molecule has 1 aliphatic rings. The second-order valence-electron chi connectivity index (χ2n) is 12.6. The fraction of sp³-hybridized carbons (Fsp3) is 0.857. The van der Waals surface area contributed by atoms with E-state index in [0.717, 1.165) is 51.4 Å². The Kier molecular flexibility index (Phi) is 13.7. The summed E-state index contributed by atoms with van der Waals surface area (Å²) in [5.41, 5.74) is -0.149. The number of ether oxygens (including phenoxy) is 1. The quantitative estimate of drug-likeness (QED) is 0.0842. The maximum absolute atomic E-state index is 13.0. The third kappa shape index (κ3) is 13.4. The monoisotopic (exact) mass is 526 g/mol. The summed E-state index contributed by atoms with van der Waals surface area (Å²) in [4.78, 5) is 24.3. The first-order valence-corrected chi connectivity index (χ1v) is 20.7. The molecule has 1 aliphatic carbocycles. The van der Waals surface area contributed by atoms with Crippen molar-refractivity contribution in [2.45, 2.75) is 135 Å². The Morgan fingerprint density at radius 3 is 2.26 bits per heavy atom. The van der Waals surface area contributed by atoms with Gasteiger partial charge in [-0.15, -0.1) is 0 Å². The maximum Gasteiger partial charge on any atom is 0.305 e. The van der Waals surface area contributed by atoms with Crippen LogP contribution in [0, 0.1) is 11.8 Å². The van der Waals surface area contributed by atoms with Gasteiger partial charge in [0.1, 0.15) is 5.78 Å². The van der Waals surface area contributed by atoms with Crippen molar-refractivity contribution in [3.63, 3.8) is 0 Å². The van der Waals surface area contributed by atoms with Gasteiger partial charge >= 0.3 is 5.97 Å². The number of Topliss-reactive ketones (excluding diaryl/α,β-unsaturated/α-hetero) is 1. The highest BCUT2D eigenvalue weighted by atomic mass is 28.4. The molecule has 35 heavy (non-hydrogen) atoms. The fourth-order valence-electron chi connectivity index (χ4n) is 5.19. The molecule has 0 aromatic rings. The standard InChI is InChI=1S/C28H54O5Si2/c1-10-11-20-28(2,33-35(7,8)9)21-16-18-24-23(17-14-12-13-15-19-27(30)31-3)25(29)22-26(24)32-34(4,5)6/h16,18,23-24,26H,10-15,17,19-22H2,1-9H3/b18-16+/t23-,24-,26-,28?/m1/s1. The molecule has 5 nitrogen and oxygen atoms in total. The summed E-state index contributed by atoms with van der Waals surface area (Å²) in [6, 6.07) is 0. The third-order valence-electron chi connectivity index (χ3n) is 6.61. The second kappa shape index (κ2) is 14.8. The number of ketones is 1. The molecular weight excluding hydrogens is 472 g/mol. The highest BCUT2D eigenvalue weighted by molar-refractivity contribution is 6.70. The summed E-state index contributed by atoms with van der Waals surface area (Å²) in [5, 5.41) is 0. The number of hydrogen-bond donors (Lipinski definition) is 0. The predicted molar refractivity (Wildman–Crippen MR) is 151 cm³/mol. The number of carbonyl (C=O) groups excluding carboxylic acids is 2. The van der Waals surface area contributed by atoms with E-state index in [1.165, 1.54) is 13.5 Å². The van der Waals surface area contributed by atoms with Crippen LogP contribution in [0.25, 0.3) is 0 Å². The van der Waals surface area contributed by atoms with Crippen LogP contribution in [0.5, 0.6) is 0 Å². The molecule has 0 saturated heterocycles. The van der Waals surface area contributed by atoms with E-state index in [0.29, 0.717) is 18.6 Å². The minimum Gasteiger partial charge on any atom is -0.469 e. The van der Waals surface area contributed by atoms with Gasteiger partial charge in [-0.05, 0) is 71.9 Å². The van der Waals surface area contributed by atoms with Gasteiger partial charge in [-0.3, -0.25) is 9.59 Å². The van der Waals surface area contributed by atoms with Crippen LogP contribution < -0.4 is 0 Å². The Morgan fingerprint density at radius 1 is 1.03 bits per heavy atom. The summed E-state index contributed by atoms with van der Waals surface area (Å²) >= 11 is 0. The van der Waals surface area contributed by atoms with Gasteiger partial charge < -0.3 is 13.6 Å². The Balaban J connectivity index is 2.86. The number of unbranched alkanes of at least 4 members (excludes halogenated alkanes) is 4. The van der Waals surface area contributed by atoms with Crippen LogP contribution in [0.1, 0.15) is 84.5 Å². The zero-order valence-electron chi connectivity index (χ0n) is 24.2. The van der Waals surface area contributed by atoms with Gasteiger partial charge in [0.2, 0.25) is 0 Å². The zero-order chi connectivity index (χ0) is 26.7. The van der Waals surface area contributed by atoms with Gasteiger partial charge in [0.05, 0.1) is 18.8 Å². The second-order valence-corrected chi connectivity index (χ2v) is 21.4. The molecule has 1 unspecified atom stereocenters. The van der Waals surface area contributed by atoms with E-state index >= 15 is 0 Å². The van der Waals surface area contributed by atoms with Crippen molar-refractivity contribution >= 4 is 28.4 Å². The minimum absolute atomic E-state index is 0.00505.